The van der Waals surface area contributed by atoms with Gasteiger partial charge in [-0.05, 0) is 42.3 Å². The lowest BCUT2D eigenvalue weighted by Crippen LogP contribution is -2.33. The minimum Gasteiger partial charge on any atom is -0.497 e. The van der Waals surface area contributed by atoms with Gasteiger partial charge in [-0.1, -0.05) is 18.2 Å². The average molecular weight is 306 g/mol. The number of amides is 2. The molecule has 1 aliphatic heterocycles. The van der Waals surface area contributed by atoms with Gasteiger partial charge in [0.1, 0.15) is 5.75 Å². The lowest BCUT2D eigenvalue weighted by Gasteiger charge is -2.09. The van der Waals surface area contributed by atoms with Crippen LogP contribution in [0.15, 0.2) is 35.2 Å². The monoisotopic (exact) mass is 306 g/mol. The molecule has 21 heavy (non-hydrogen) atoms. The fourth-order valence-corrected chi connectivity index (χ4v) is 2.89. The predicted octanol–water partition coefficient (Wildman–Crippen LogP) is 2.17. The van der Waals surface area contributed by atoms with E-state index in [4.69, 9.17) is 10.5 Å². The smallest absolute Gasteiger partial charge is 0.293 e. The quantitative estimate of drug-likeness (QED) is 0.815. The second-order valence-electron chi connectivity index (χ2n) is 4.57. The van der Waals surface area contributed by atoms with E-state index in [0.717, 1.165) is 29.5 Å². The minimum absolute atomic E-state index is 0.231. The Morgan fingerprint density at radius 3 is 2.62 bits per heavy atom. The molecule has 5 nitrogen and oxygen atoms in total. The van der Waals surface area contributed by atoms with Crippen LogP contribution in [0, 0.1) is 0 Å². The minimum atomic E-state index is -0.235. The summed E-state index contributed by atoms with van der Waals surface area (Å²) in [5, 5.41) is -0.235. The van der Waals surface area contributed by atoms with E-state index in [1.54, 1.807) is 7.11 Å². The fourth-order valence-electron chi connectivity index (χ4n) is 2.02. The van der Waals surface area contributed by atoms with Crippen LogP contribution in [-0.4, -0.2) is 36.2 Å². The summed E-state index contributed by atoms with van der Waals surface area (Å²) in [6.07, 6.45) is 3.35. The molecule has 0 aliphatic carbocycles. The largest absolute Gasteiger partial charge is 0.497 e. The molecule has 0 unspecified atom stereocenters. The summed E-state index contributed by atoms with van der Waals surface area (Å²) in [7, 11) is 1.63. The van der Waals surface area contributed by atoms with E-state index >= 15 is 0 Å². The summed E-state index contributed by atoms with van der Waals surface area (Å²) in [6, 6.07) is 7.80. The Morgan fingerprint density at radius 1 is 1.29 bits per heavy atom. The highest BCUT2D eigenvalue weighted by atomic mass is 32.2. The number of carbonyl (C=O) groups is 2. The Morgan fingerprint density at radius 2 is 2.00 bits per heavy atom. The maximum Gasteiger partial charge on any atom is 0.293 e. The Kier molecular flexibility index (Phi) is 5.41. The highest BCUT2D eigenvalue weighted by Crippen LogP contribution is 2.30. The first-order valence-electron chi connectivity index (χ1n) is 6.72. The second kappa shape index (κ2) is 7.28. The molecule has 0 radical (unpaired) electrons. The molecule has 1 aliphatic rings. The van der Waals surface area contributed by atoms with Crippen molar-refractivity contribution in [2.45, 2.75) is 12.8 Å². The van der Waals surface area contributed by atoms with Crippen LogP contribution in [0.5, 0.6) is 5.75 Å². The van der Waals surface area contributed by atoms with Crippen molar-refractivity contribution in [3.05, 3.63) is 40.8 Å². The van der Waals surface area contributed by atoms with Crippen LogP contribution in [0.3, 0.4) is 0 Å². The molecule has 0 aromatic heterocycles. The summed E-state index contributed by atoms with van der Waals surface area (Å²) < 4.78 is 5.10. The molecule has 0 atom stereocenters. The van der Waals surface area contributed by atoms with Crippen molar-refractivity contribution in [2.75, 3.05) is 20.2 Å². The summed E-state index contributed by atoms with van der Waals surface area (Å²) >= 11 is 0.986. The number of methoxy groups -OCH3 is 1. The van der Waals surface area contributed by atoms with Gasteiger partial charge in [-0.25, -0.2) is 0 Å². The van der Waals surface area contributed by atoms with Crippen molar-refractivity contribution in [1.82, 2.24) is 4.90 Å². The number of hydrogen-bond donors (Lipinski definition) is 1. The lowest BCUT2D eigenvalue weighted by atomic mass is 10.1. The van der Waals surface area contributed by atoms with Crippen molar-refractivity contribution in [2.24, 2.45) is 5.73 Å². The molecule has 0 bridgehead atoms. The first-order valence-corrected chi connectivity index (χ1v) is 7.54. The van der Waals surface area contributed by atoms with Gasteiger partial charge in [0.25, 0.3) is 11.1 Å². The number of carbonyl (C=O) groups excluding carboxylic acids is 2. The SMILES string of the molecule is COc1ccc(CC/C=C2\SC(=O)N(CCN)C2=O)cc1. The molecule has 112 valence electrons. The standard InChI is InChI=1S/C15H18N2O3S/c1-20-12-7-5-11(6-8-12)3-2-4-13-14(18)17(10-9-16)15(19)21-13/h4-8H,2-3,9-10,16H2,1H3/b13-4-. The van der Waals surface area contributed by atoms with E-state index in [2.05, 4.69) is 0 Å². The predicted molar refractivity (Wildman–Crippen MR) is 83.2 cm³/mol. The number of nitrogens with zero attached hydrogens (tertiary/aromatic N) is 1. The number of benzene rings is 1. The van der Waals surface area contributed by atoms with Gasteiger partial charge >= 0.3 is 0 Å². The summed E-state index contributed by atoms with van der Waals surface area (Å²) in [6.45, 7) is 0.567. The number of rotatable bonds is 6. The molecule has 2 amide bonds. The van der Waals surface area contributed by atoms with Crippen LogP contribution >= 0.6 is 11.8 Å². The number of thioether (sulfide) groups is 1. The Balaban J connectivity index is 1.92. The molecule has 2 rings (SSSR count). The zero-order valence-corrected chi connectivity index (χ0v) is 12.7. The van der Waals surface area contributed by atoms with E-state index in [1.807, 2.05) is 30.3 Å². The molecule has 0 saturated carbocycles. The van der Waals surface area contributed by atoms with Gasteiger partial charge in [0.05, 0.1) is 12.0 Å². The van der Waals surface area contributed by atoms with Gasteiger partial charge in [-0.15, -0.1) is 0 Å². The van der Waals surface area contributed by atoms with Gasteiger partial charge in [-0.2, -0.15) is 0 Å². The zero-order chi connectivity index (χ0) is 15.2. The molecule has 6 heteroatoms. The maximum absolute atomic E-state index is 12.0. The third-order valence-electron chi connectivity index (χ3n) is 3.15. The van der Waals surface area contributed by atoms with Crippen LogP contribution < -0.4 is 10.5 Å². The third-order valence-corrected chi connectivity index (χ3v) is 4.10. The van der Waals surface area contributed by atoms with E-state index in [-0.39, 0.29) is 24.2 Å². The Hall–Kier alpha value is -1.79. The van der Waals surface area contributed by atoms with Gasteiger partial charge in [0.15, 0.2) is 0 Å². The summed E-state index contributed by atoms with van der Waals surface area (Å²) in [5.41, 5.74) is 6.55. The third kappa shape index (κ3) is 3.86. The van der Waals surface area contributed by atoms with Crippen molar-refractivity contribution in [3.8, 4) is 5.75 Å². The van der Waals surface area contributed by atoms with Crippen molar-refractivity contribution in [3.63, 3.8) is 0 Å². The van der Waals surface area contributed by atoms with Gasteiger partial charge < -0.3 is 10.5 Å². The first-order chi connectivity index (χ1) is 10.2. The van der Waals surface area contributed by atoms with E-state index in [1.165, 1.54) is 4.90 Å². The van der Waals surface area contributed by atoms with E-state index < -0.39 is 0 Å². The number of ether oxygens (including phenoxy) is 1. The highest BCUT2D eigenvalue weighted by molar-refractivity contribution is 8.18. The summed E-state index contributed by atoms with van der Waals surface area (Å²) in [5.74, 6) is 0.590. The number of allylic oxidation sites excluding steroid dienone is 1. The van der Waals surface area contributed by atoms with Crippen molar-refractivity contribution in [1.29, 1.82) is 0 Å². The molecule has 1 aromatic carbocycles. The lowest BCUT2D eigenvalue weighted by molar-refractivity contribution is -0.122. The maximum atomic E-state index is 12.0. The average Bonchev–Trinajstić information content (AvgIpc) is 2.76. The van der Waals surface area contributed by atoms with Crippen LogP contribution in [0.25, 0.3) is 0 Å². The molecule has 1 saturated heterocycles. The van der Waals surface area contributed by atoms with E-state index in [0.29, 0.717) is 11.3 Å². The number of imide groups is 1. The normalized spacial score (nSPS) is 16.9. The molecule has 1 heterocycles. The summed E-state index contributed by atoms with van der Waals surface area (Å²) in [4.78, 5) is 25.3. The Labute approximate surface area is 128 Å². The van der Waals surface area contributed by atoms with Gasteiger partial charge in [0.2, 0.25) is 0 Å². The Bertz CT molecular complexity index is 555. The molecule has 1 fully saturated rings. The van der Waals surface area contributed by atoms with Crippen LogP contribution in [0.4, 0.5) is 4.79 Å². The second-order valence-corrected chi connectivity index (χ2v) is 5.56. The van der Waals surface area contributed by atoms with Crippen molar-refractivity contribution < 1.29 is 14.3 Å². The van der Waals surface area contributed by atoms with Gasteiger partial charge in [0, 0.05) is 13.1 Å². The van der Waals surface area contributed by atoms with Crippen LogP contribution in [0.2, 0.25) is 0 Å². The number of hydrogen-bond acceptors (Lipinski definition) is 5. The molecule has 2 N–H and O–H groups in total. The van der Waals surface area contributed by atoms with Crippen LogP contribution in [-0.2, 0) is 11.2 Å². The molecule has 1 aromatic rings. The molecule has 0 spiro atoms. The zero-order valence-electron chi connectivity index (χ0n) is 11.9. The molecular formula is C15H18N2O3S. The van der Waals surface area contributed by atoms with Gasteiger partial charge in [-0.3, -0.25) is 14.5 Å². The fraction of sp³-hybridized carbons (Fsp3) is 0.333. The number of aryl methyl sites for hydroxylation is 1. The van der Waals surface area contributed by atoms with Crippen LogP contribution in [0.1, 0.15) is 12.0 Å². The first kappa shape index (κ1) is 15.6. The number of nitrogens with two attached hydrogens (primary N) is 1. The highest BCUT2D eigenvalue weighted by Gasteiger charge is 2.33. The topological polar surface area (TPSA) is 72.6 Å². The van der Waals surface area contributed by atoms with Crippen molar-refractivity contribution >= 4 is 22.9 Å². The van der Waals surface area contributed by atoms with E-state index in [9.17, 15) is 9.59 Å². The molecular weight excluding hydrogens is 288 g/mol.